The van der Waals surface area contributed by atoms with Gasteiger partial charge in [0.1, 0.15) is 12.1 Å². The Bertz CT molecular complexity index is 994. The number of rotatable bonds is 6. The number of benzene rings is 2. The fourth-order valence-corrected chi connectivity index (χ4v) is 4.65. The van der Waals surface area contributed by atoms with Gasteiger partial charge in [0.2, 0.25) is 0 Å². The van der Waals surface area contributed by atoms with Gasteiger partial charge in [0, 0.05) is 30.6 Å². The highest BCUT2D eigenvalue weighted by Crippen LogP contribution is 2.26. The Morgan fingerprint density at radius 2 is 1.90 bits per heavy atom. The van der Waals surface area contributed by atoms with Crippen molar-refractivity contribution < 1.29 is 5.11 Å². The van der Waals surface area contributed by atoms with E-state index in [1.54, 1.807) is 0 Å². The van der Waals surface area contributed by atoms with Crippen molar-refractivity contribution in [3.63, 3.8) is 0 Å². The number of aryl methyl sites for hydroxylation is 3. The molecule has 154 valence electrons. The maximum atomic E-state index is 10.1. The maximum absolute atomic E-state index is 10.1. The molecular formula is C24H30ClN3O. The van der Waals surface area contributed by atoms with E-state index in [9.17, 15) is 5.11 Å². The van der Waals surface area contributed by atoms with Crippen molar-refractivity contribution in [2.45, 2.75) is 65.3 Å². The maximum Gasteiger partial charge on any atom is 0.110 e. The van der Waals surface area contributed by atoms with Crippen molar-refractivity contribution >= 4 is 22.6 Å². The van der Waals surface area contributed by atoms with Gasteiger partial charge in [-0.3, -0.25) is 4.90 Å². The molecule has 1 aromatic heterocycles. The quantitative estimate of drug-likeness (QED) is 0.614. The lowest BCUT2D eigenvalue weighted by Crippen LogP contribution is -2.37. The molecule has 0 spiro atoms. The van der Waals surface area contributed by atoms with Crippen LogP contribution in [0.5, 0.6) is 0 Å². The Balaban J connectivity index is 1.65. The van der Waals surface area contributed by atoms with Gasteiger partial charge >= 0.3 is 0 Å². The molecule has 2 atom stereocenters. The topological polar surface area (TPSA) is 41.3 Å². The third-order valence-electron chi connectivity index (χ3n) is 6.30. The molecule has 1 saturated heterocycles. The van der Waals surface area contributed by atoms with Crippen LogP contribution in [0.15, 0.2) is 36.4 Å². The Morgan fingerprint density at radius 1 is 1.17 bits per heavy atom. The van der Waals surface area contributed by atoms with E-state index in [4.69, 9.17) is 16.6 Å². The zero-order valence-corrected chi connectivity index (χ0v) is 18.3. The van der Waals surface area contributed by atoms with Gasteiger partial charge in [0.05, 0.1) is 11.0 Å². The van der Waals surface area contributed by atoms with E-state index in [0.29, 0.717) is 6.04 Å². The summed E-state index contributed by atoms with van der Waals surface area (Å²) in [7, 11) is 0. The van der Waals surface area contributed by atoms with Crippen molar-refractivity contribution in [2.24, 2.45) is 0 Å². The van der Waals surface area contributed by atoms with E-state index >= 15 is 0 Å². The molecule has 0 amide bonds. The highest BCUT2D eigenvalue weighted by molar-refractivity contribution is 6.30. The van der Waals surface area contributed by atoms with Crippen LogP contribution in [0.25, 0.3) is 11.0 Å². The average molecular weight is 412 g/mol. The number of hydrogen-bond donors (Lipinski definition) is 1. The van der Waals surface area contributed by atoms with Crippen LogP contribution in [-0.4, -0.2) is 38.4 Å². The van der Waals surface area contributed by atoms with Gasteiger partial charge in [-0.1, -0.05) is 23.7 Å². The van der Waals surface area contributed by atoms with Crippen LogP contribution in [0.1, 0.15) is 48.7 Å². The number of aromatic nitrogens is 2. The summed E-state index contributed by atoms with van der Waals surface area (Å²) in [6.45, 7) is 7.96. The van der Waals surface area contributed by atoms with Crippen molar-refractivity contribution in [1.29, 1.82) is 0 Å². The number of fused-ring (bicyclic) bond motifs is 1. The zero-order valence-electron chi connectivity index (χ0n) is 17.5. The lowest BCUT2D eigenvalue weighted by atomic mass is 10.1. The second-order valence-corrected chi connectivity index (χ2v) is 8.81. The molecule has 2 unspecified atom stereocenters. The first-order chi connectivity index (χ1) is 13.9. The fraction of sp³-hybridized carbons (Fsp3) is 0.458. The third kappa shape index (κ3) is 4.35. The molecule has 1 aliphatic rings. The number of halogens is 1. The number of likely N-dealkylation sites (tertiary alicyclic amines) is 1. The Hall–Kier alpha value is -1.88. The minimum absolute atomic E-state index is 0.374. The first kappa shape index (κ1) is 20.4. The van der Waals surface area contributed by atoms with Crippen LogP contribution in [0.2, 0.25) is 5.02 Å². The smallest absolute Gasteiger partial charge is 0.110 e. The predicted octanol–water partition coefficient (Wildman–Crippen LogP) is 5.09. The summed E-state index contributed by atoms with van der Waals surface area (Å²) in [4.78, 5) is 7.24. The van der Waals surface area contributed by atoms with E-state index in [0.717, 1.165) is 55.1 Å². The van der Waals surface area contributed by atoms with Crippen LogP contribution in [-0.2, 0) is 13.0 Å². The van der Waals surface area contributed by atoms with E-state index in [1.165, 1.54) is 22.2 Å². The van der Waals surface area contributed by atoms with Crippen LogP contribution in [0.4, 0.5) is 0 Å². The standard InChI is InChI=1S/C24H30ClN3O/c1-16-13-22-23(14-17(16)2)28(15-19-6-8-20(25)9-7-19)24(26-22)11-10-21-5-4-12-27(21)18(3)29/h6-9,13-14,18,21,29H,4-5,10-12,15H2,1-3H3. The molecule has 0 radical (unpaired) electrons. The summed E-state index contributed by atoms with van der Waals surface area (Å²) >= 11 is 6.08. The van der Waals surface area contributed by atoms with Crippen LogP contribution >= 0.6 is 11.6 Å². The van der Waals surface area contributed by atoms with Crippen LogP contribution in [0, 0.1) is 13.8 Å². The normalized spacial score (nSPS) is 18.6. The van der Waals surface area contributed by atoms with Crippen molar-refractivity contribution in [1.82, 2.24) is 14.5 Å². The van der Waals surface area contributed by atoms with Crippen LogP contribution in [0.3, 0.4) is 0 Å². The second-order valence-electron chi connectivity index (χ2n) is 8.37. The first-order valence-corrected chi connectivity index (χ1v) is 10.9. The number of nitrogens with zero attached hydrogens (tertiary/aromatic N) is 3. The molecule has 0 bridgehead atoms. The summed E-state index contributed by atoms with van der Waals surface area (Å²) in [5.74, 6) is 1.12. The third-order valence-corrected chi connectivity index (χ3v) is 6.55. The van der Waals surface area contributed by atoms with Gasteiger partial charge in [-0.05, 0) is 81.0 Å². The molecule has 2 aromatic carbocycles. The Labute approximate surface area is 178 Å². The minimum Gasteiger partial charge on any atom is -0.379 e. The Kier molecular flexibility index (Phi) is 5.95. The molecule has 1 N–H and O–H groups in total. The number of imidazole rings is 1. The van der Waals surface area contributed by atoms with Gasteiger partial charge < -0.3 is 9.67 Å². The van der Waals surface area contributed by atoms with E-state index in [1.807, 2.05) is 19.1 Å². The lowest BCUT2D eigenvalue weighted by molar-refractivity contribution is 0.00774. The predicted molar refractivity (Wildman–Crippen MR) is 119 cm³/mol. The number of hydrogen-bond acceptors (Lipinski definition) is 3. The molecule has 4 nitrogen and oxygen atoms in total. The summed E-state index contributed by atoms with van der Waals surface area (Å²) in [5.41, 5.74) is 6.04. The zero-order chi connectivity index (χ0) is 20.5. The van der Waals surface area contributed by atoms with Gasteiger partial charge in [0.15, 0.2) is 0 Å². The molecule has 2 heterocycles. The molecule has 0 aliphatic carbocycles. The van der Waals surface area contributed by atoms with Gasteiger partial charge in [-0.2, -0.15) is 0 Å². The van der Waals surface area contributed by atoms with E-state index < -0.39 is 0 Å². The fourth-order valence-electron chi connectivity index (χ4n) is 4.53. The summed E-state index contributed by atoms with van der Waals surface area (Å²) in [6, 6.07) is 13.0. The van der Waals surface area contributed by atoms with Gasteiger partial charge in [-0.25, -0.2) is 4.98 Å². The highest BCUT2D eigenvalue weighted by Gasteiger charge is 2.27. The second kappa shape index (κ2) is 8.47. The monoisotopic (exact) mass is 411 g/mol. The summed E-state index contributed by atoms with van der Waals surface area (Å²) < 4.78 is 2.35. The molecule has 0 saturated carbocycles. The van der Waals surface area contributed by atoms with Crippen molar-refractivity contribution in [2.75, 3.05) is 6.54 Å². The molecule has 1 aliphatic heterocycles. The molecule has 29 heavy (non-hydrogen) atoms. The molecular weight excluding hydrogens is 382 g/mol. The summed E-state index contributed by atoms with van der Waals surface area (Å²) in [6.07, 6.45) is 3.87. The lowest BCUT2D eigenvalue weighted by Gasteiger charge is -2.27. The number of aliphatic hydroxyl groups excluding tert-OH is 1. The highest BCUT2D eigenvalue weighted by atomic mass is 35.5. The van der Waals surface area contributed by atoms with E-state index in [-0.39, 0.29) is 6.23 Å². The molecule has 4 rings (SSSR count). The SMILES string of the molecule is Cc1cc2nc(CCC3CCCN3C(C)O)n(Cc3ccc(Cl)cc3)c2cc1C. The van der Waals surface area contributed by atoms with Crippen molar-refractivity contribution in [3.8, 4) is 0 Å². The van der Waals surface area contributed by atoms with E-state index in [2.05, 4.69) is 47.6 Å². The molecule has 3 aromatic rings. The van der Waals surface area contributed by atoms with Gasteiger partial charge in [-0.15, -0.1) is 0 Å². The largest absolute Gasteiger partial charge is 0.379 e. The van der Waals surface area contributed by atoms with Gasteiger partial charge in [0.25, 0.3) is 0 Å². The Morgan fingerprint density at radius 3 is 2.62 bits per heavy atom. The summed E-state index contributed by atoms with van der Waals surface area (Å²) in [5, 5.41) is 10.8. The van der Waals surface area contributed by atoms with Crippen molar-refractivity contribution in [3.05, 3.63) is 63.9 Å². The molecule has 1 fully saturated rings. The minimum atomic E-state index is -0.374. The van der Waals surface area contributed by atoms with Crippen LogP contribution < -0.4 is 0 Å². The number of aliphatic hydroxyl groups is 1. The average Bonchev–Trinajstić information content (AvgIpc) is 3.28. The molecule has 5 heteroatoms. The first-order valence-electron chi connectivity index (χ1n) is 10.6.